The standard InChI is InChI=1S/C19H27FN2O/c1-12-5-15(7-16(20)6-12)19(23)22(4)18-10-13-8-17(21(2)3)9-14(13)11-18/h5-7,13-14,17-18H,8-11H2,1-4H3/t13-,14+,17?,18?. The van der Waals surface area contributed by atoms with Crippen molar-refractivity contribution in [1.29, 1.82) is 0 Å². The van der Waals surface area contributed by atoms with Gasteiger partial charge in [-0.05, 0) is 82.3 Å². The Balaban J connectivity index is 1.66. The number of hydrogen-bond donors (Lipinski definition) is 0. The van der Waals surface area contributed by atoms with Gasteiger partial charge in [0, 0.05) is 24.7 Å². The van der Waals surface area contributed by atoms with Crippen LogP contribution >= 0.6 is 0 Å². The Morgan fingerprint density at radius 2 is 1.57 bits per heavy atom. The maximum absolute atomic E-state index is 13.6. The minimum absolute atomic E-state index is 0.0540. The van der Waals surface area contributed by atoms with Gasteiger partial charge in [-0.3, -0.25) is 4.79 Å². The molecule has 1 aromatic rings. The van der Waals surface area contributed by atoms with Crippen molar-refractivity contribution in [3.63, 3.8) is 0 Å². The molecular formula is C19H27FN2O. The Kier molecular flexibility index (Phi) is 4.45. The lowest BCUT2D eigenvalue weighted by Gasteiger charge is -2.27. The molecule has 1 amide bonds. The average Bonchev–Trinajstić information content (AvgIpc) is 3.03. The van der Waals surface area contributed by atoms with Gasteiger partial charge in [0.25, 0.3) is 5.91 Å². The summed E-state index contributed by atoms with van der Waals surface area (Å²) in [6.07, 6.45) is 4.67. The van der Waals surface area contributed by atoms with Crippen LogP contribution < -0.4 is 0 Å². The van der Waals surface area contributed by atoms with Crippen LogP contribution in [-0.2, 0) is 0 Å². The fourth-order valence-electron chi connectivity index (χ4n) is 4.52. The molecule has 0 aliphatic heterocycles. The molecule has 2 unspecified atom stereocenters. The third-order valence-electron chi connectivity index (χ3n) is 5.85. The number of halogens is 1. The van der Waals surface area contributed by atoms with E-state index in [2.05, 4.69) is 19.0 Å². The van der Waals surface area contributed by atoms with E-state index < -0.39 is 0 Å². The first-order valence-electron chi connectivity index (χ1n) is 8.56. The second-order valence-corrected chi connectivity index (χ2v) is 7.67. The number of hydrogen-bond acceptors (Lipinski definition) is 2. The molecule has 1 aromatic carbocycles. The van der Waals surface area contributed by atoms with Crippen molar-refractivity contribution >= 4 is 5.91 Å². The zero-order chi connectivity index (χ0) is 16.7. The van der Waals surface area contributed by atoms with Crippen LogP contribution in [0.3, 0.4) is 0 Å². The van der Waals surface area contributed by atoms with Crippen LogP contribution in [0.4, 0.5) is 4.39 Å². The lowest BCUT2D eigenvalue weighted by Crippen LogP contribution is -2.36. The molecule has 0 spiro atoms. The molecule has 0 heterocycles. The van der Waals surface area contributed by atoms with Gasteiger partial charge in [0.15, 0.2) is 0 Å². The Morgan fingerprint density at radius 1 is 1.00 bits per heavy atom. The van der Waals surface area contributed by atoms with E-state index >= 15 is 0 Å². The summed E-state index contributed by atoms with van der Waals surface area (Å²) in [5.41, 5.74) is 1.26. The van der Waals surface area contributed by atoms with Crippen molar-refractivity contribution in [2.45, 2.75) is 44.7 Å². The van der Waals surface area contributed by atoms with Gasteiger partial charge in [-0.2, -0.15) is 0 Å². The number of amides is 1. The van der Waals surface area contributed by atoms with Gasteiger partial charge in [0.05, 0.1) is 0 Å². The highest BCUT2D eigenvalue weighted by Crippen LogP contribution is 2.46. The molecule has 0 radical (unpaired) electrons. The zero-order valence-corrected chi connectivity index (χ0v) is 14.6. The quantitative estimate of drug-likeness (QED) is 0.853. The van der Waals surface area contributed by atoms with Gasteiger partial charge < -0.3 is 9.80 Å². The van der Waals surface area contributed by atoms with Crippen LogP contribution in [0.5, 0.6) is 0 Å². The van der Waals surface area contributed by atoms with Gasteiger partial charge in [0.2, 0.25) is 0 Å². The second kappa shape index (κ2) is 6.23. The summed E-state index contributed by atoms with van der Waals surface area (Å²) in [6.45, 7) is 1.82. The highest BCUT2D eigenvalue weighted by Gasteiger charge is 2.44. The van der Waals surface area contributed by atoms with E-state index in [1.807, 2.05) is 18.9 Å². The predicted molar refractivity (Wildman–Crippen MR) is 89.9 cm³/mol. The van der Waals surface area contributed by atoms with E-state index in [0.29, 0.717) is 17.6 Å². The van der Waals surface area contributed by atoms with Crippen LogP contribution in [0.1, 0.15) is 41.6 Å². The molecule has 3 rings (SSSR count). The van der Waals surface area contributed by atoms with Gasteiger partial charge >= 0.3 is 0 Å². The summed E-state index contributed by atoms with van der Waals surface area (Å²) in [4.78, 5) is 16.9. The molecule has 2 fully saturated rings. The number of carbonyl (C=O) groups is 1. The summed E-state index contributed by atoms with van der Waals surface area (Å²) in [6, 6.07) is 5.57. The van der Waals surface area contributed by atoms with E-state index in [0.717, 1.165) is 30.2 Å². The van der Waals surface area contributed by atoms with Crippen molar-refractivity contribution in [2.24, 2.45) is 11.8 Å². The van der Waals surface area contributed by atoms with Crippen molar-refractivity contribution in [2.75, 3.05) is 21.1 Å². The fraction of sp³-hybridized carbons (Fsp3) is 0.632. The summed E-state index contributed by atoms with van der Waals surface area (Å²) < 4.78 is 13.6. The number of rotatable bonds is 3. The molecular weight excluding hydrogens is 291 g/mol. The minimum atomic E-state index is -0.334. The van der Waals surface area contributed by atoms with E-state index in [4.69, 9.17) is 0 Å². The first-order chi connectivity index (χ1) is 10.8. The third-order valence-corrected chi connectivity index (χ3v) is 5.85. The molecule has 23 heavy (non-hydrogen) atoms. The molecule has 0 saturated heterocycles. The second-order valence-electron chi connectivity index (χ2n) is 7.67. The van der Waals surface area contributed by atoms with Crippen molar-refractivity contribution in [1.82, 2.24) is 9.80 Å². The Hall–Kier alpha value is -1.42. The lowest BCUT2D eigenvalue weighted by molar-refractivity contribution is 0.0725. The number of carbonyl (C=O) groups excluding carboxylic acids is 1. The van der Waals surface area contributed by atoms with Crippen molar-refractivity contribution < 1.29 is 9.18 Å². The molecule has 4 atom stereocenters. The van der Waals surface area contributed by atoms with Crippen molar-refractivity contribution in [3.05, 3.63) is 35.1 Å². The molecule has 0 aromatic heterocycles. The highest BCUT2D eigenvalue weighted by atomic mass is 19.1. The van der Waals surface area contributed by atoms with Gasteiger partial charge in [-0.25, -0.2) is 4.39 Å². The monoisotopic (exact) mass is 318 g/mol. The molecule has 3 nitrogen and oxygen atoms in total. The molecule has 0 bridgehead atoms. The number of fused-ring (bicyclic) bond motifs is 1. The first kappa shape index (κ1) is 16.4. The summed E-state index contributed by atoms with van der Waals surface area (Å²) in [5, 5.41) is 0. The first-order valence-corrected chi connectivity index (χ1v) is 8.56. The largest absolute Gasteiger partial charge is 0.339 e. The number of nitrogens with zero attached hydrogens (tertiary/aromatic N) is 2. The Labute approximate surface area is 138 Å². The van der Waals surface area contributed by atoms with Crippen LogP contribution in [0.2, 0.25) is 0 Å². The van der Waals surface area contributed by atoms with Gasteiger partial charge in [0.1, 0.15) is 5.82 Å². The SMILES string of the molecule is Cc1cc(F)cc(C(=O)N(C)C2C[C@H]3CC(N(C)C)C[C@H]3C2)c1. The zero-order valence-electron chi connectivity index (χ0n) is 14.6. The Bertz CT molecular complexity index is 567. The van der Waals surface area contributed by atoms with E-state index in [1.54, 1.807) is 6.07 Å². The molecule has 4 heteroatoms. The molecule has 2 aliphatic rings. The fourth-order valence-corrected chi connectivity index (χ4v) is 4.52. The normalized spacial score (nSPS) is 29.8. The maximum Gasteiger partial charge on any atom is 0.253 e. The number of benzene rings is 1. The van der Waals surface area contributed by atoms with Crippen LogP contribution in [0.15, 0.2) is 18.2 Å². The van der Waals surface area contributed by atoms with E-state index in [9.17, 15) is 9.18 Å². The van der Waals surface area contributed by atoms with E-state index in [1.165, 1.54) is 25.0 Å². The lowest BCUT2D eigenvalue weighted by atomic mass is 10.0. The van der Waals surface area contributed by atoms with E-state index in [-0.39, 0.29) is 11.7 Å². The Morgan fingerprint density at radius 3 is 2.09 bits per heavy atom. The van der Waals surface area contributed by atoms with Crippen LogP contribution in [0, 0.1) is 24.6 Å². The topological polar surface area (TPSA) is 23.6 Å². The van der Waals surface area contributed by atoms with Crippen LogP contribution in [-0.4, -0.2) is 48.9 Å². The van der Waals surface area contributed by atoms with Gasteiger partial charge in [-0.15, -0.1) is 0 Å². The predicted octanol–water partition coefficient (Wildman–Crippen LogP) is 3.32. The maximum atomic E-state index is 13.6. The summed E-state index contributed by atoms with van der Waals surface area (Å²) in [7, 11) is 6.19. The molecule has 0 N–H and O–H groups in total. The van der Waals surface area contributed by atoms with Crippen molar-refractivity contribution in [3.8, 4) is 0 Å². The molecule has 2 aliphatic carbocycles. The number of aryl methyl sites for hydroxylation is 1. The highest BCUT2D eigenvalue weighted by molar-refractivity contribution is 5.94. The third kappa shape index (κ3) is 3.27. The minimum Gasteiger partial charge on any atom is -0.339 e. The molecule has 2 saturated carbocycles. The smallest absolute Gasteiger partial charge is 0.253 e. The van der Waals surface area contributed by atoms with Gasteiger partial charge in [-0.1, -0.05) is 0 Å². The van der Waals surface area contributed by atoms with Crippen LogP contribution in [0.25, 0.3) is 0 Å². The summed E-state index contributed by atoms with van der Waals surface area (Å²) >= 11 is 0. The molecule has 126 valence electrons. The average molecular weight is 318 g/mol. The summed E-state index contributed by atoms with van der Waals surface area (Å²) in [5.74, 6) is 1.08.